The van der Waals surface area contributed by atoms with Crippen LogP contribution in [0.2, 0.25) is 0 Å². The van der Waals surface area contributed by atoms with Gasteiger partial charge in [-0.15, -0.1) is 0 Å². The molecular weight excluding hydrogens is 611 g/mol. The van der Waals surface area contributed by atoms with Crippen molar-refractivity contribution in [2.45, 2.75) is 38.0 Å². The van der Waals surface area contributed by atoms with Gasteiger partial charge in [-0.1, -0.05) is 24.3 Å². The van der Waals surface area contributed by atoms with E-state index >= 15 is 0 Å². The van der Waals surface area contributed by atoms with Crippen LogP contribution < -0.4 is 15.8 Å². The van der Waals surface area contributed by atoms with Crippen LogP contribution in [0.3, 0.4) is 0 Å². The van der Waals surface area contributed by atoms with Crippen LogP contribution >= 0.6 is 0 Å². The molecule has 0 aliphatic carbocycles. The van der Waals surface area contributed by atoms with E-state index in [-0.39, 0.29) is 19.4 Å². The maximum atomic E-state index is 13.6. The maximum Gasteiger partial charge on any atom is 0.416 e. The third-order valence-electron chi connectivity index (χ3n) is 7.39. The van der Waals surface area contributed by atoms with Crippen molar-refractivity contribution in [2.75, 3.05) is 17.5 Å². The lowest BCUT2D eigenvalue weighted by Crippen LogP contribution is -2.44. The number of nitrogens with zero attached hydrogens (tertiary/aromatic N) is 2. The molecule has 0 bridgehead atoms. The van der Waals surface area contributed by atoms with Crippen LogP contribution in [0.25, 0.3) is 22.6 Å². The molecule has 0 unspecified atom stereocenters. The highest BCUT2D eigenvalue weighted by molar-refractivity contribution is 7.92. The largest absolute Gasteiger partial charge is 0.445 e. The molecule has 1 atom stereocenters. The maximum absolute atomic E-state index is 13.6. The number of anilines is 1. The topological polar surface area (TPSA) is 148 Å². The SMILES string of the molecule is CS(=O)(=O)Nc1cccc([C@H](CCC(N)=O)NC(=O)N2CCc3c(cc(-c4ncco4)cc3-c3ccc(C(F)(F)F)cc3)C2)c1. The third kappa shape index (κ3) is 7.81. The van der Waals surface area contributed by atoms with E-state index in [9.17, 15) is 31.2 Å². The van der Waals surface area contributed by atoms with E-state index in [0.29, 0.717) is 46.8 Å². The van der Waals surface area contributed by atoms with Gasteiger partial charge in [-0.3, -0.25) is 9.52 Å². The van der Waals surface area contributed by atoms with Gasteiger partial charge in [0, 0.05) is 30.8 Å². The van der Waals surface area contributed by atoms with Crippen LogP contribution in [0.15, 0.2) is 77.5 Å². The van der Waals surface area contributed by atoms with Gasteiger partial charge in [-0.05, 0) is 77.1 Å². The predicted octanol–water partition coefficient (Wildman–Crippen LogP) is 5.47. The Morgan fingerprint density at radius 1 is 1.09 bits per heavy atom. The number of primary amides is 1. The van der Waals surface area contributed by atoms with Crippen molar-refractivity contribution in [1.82, 2.24) is 15.2 Å². The average Bonchev–Trinajstić information content (AvgIpc) is 3.52. The zero-order valence-corrected chi connectivity index (χ0v) is 24.9. The number of carbonyl (C=O) groups excluding carboxylic acids is 2. The van der Waals surface area contributed by atoms with E-state index in [2.05, 4.69) is 15.0 Å². The number of oxazole rings is 1. The Kier molecular flexibility index (Phi) is 8.87. The van der Waals surface area contributed by atoms with Crippen molar-refractivity contribution in [1.29, 1.82) is 0 Å². The lowest BCUT2D eigenvalue weighted by Gasteiger charge is -2.32. The van der Waals surface area contributed by atoms with Gasteiger partial charge >= 0.3 is 12.2 Å². The predicted molar refractivity (Wildman–Crippen MR) is 161 cm³/mol. The van der Waals surface area contributed by atoms with Gasteiger partial charge in [-0.25, -0.2) is 18.2 Å². The second kappa shape index (κ2) is 12.6. The number of nitrogens with two attached hydrogens (primary N) is 1. The number of carbonyl (C=O) groups is 2. The number of amides is 3. The summed E-state index contributed by atoms with van der Waals surface area (Å²) in [4.78, 5) is 31.0. The Balaban J connectivity index is 1.43. The molecular formula is C31H30F3N5O5S. The first kappa shape index (κ1) is 31.6. The van der Waals surface area contributed by atoms with E-state index in [4.69, 9.17) is 10.2 Å². The second-order valence-electron chi connectivity index (χ2n) is 10.8. The van der Waals surface area contributed by atoms with E-state index in [1.54, 1.807) is 29.2 Å². The molecule has 0 radical (unpaired) electrons. The van der Waals surface area contributed by atoms with Crippen molar-refractivity contribution >= 4 is 27.6 Å². The summed E-state index contributed by atoms with van der Waals surface area (Å²) in [7, 11) is -3.55. The third-order valence-corrected chi connectivity index (χ3v) is 8.00. The number of fused-ring (bicyclic) bond motifs is 1. The smallest absolute Gasteiger partial charge is 0.416 e. The number of urea groups is 1. The molecule has 4 aromatic rings. The zero-order chi connectivity index (χ0) is 32.4. The fourth-order valence-electron chi connectivity index (χ4n) is 5.34. The highest BCUT2D eigenvalue weighted by Crippen LogP contribution is 2.37. The number of sulfonamides is 1. The molecule has 45 heavy (non-hydrogen) atoms. The van der Waals surface area contributed by atoms with Gasteiger partial charge in [0.25, 0.3) is 0 Å². The number of alkyl halides is 3. The van der Waals surface area contributed by atoms with Crippen LogP contribution in [0.5, 0.6) is 0 Å². The van der Waals surface area contributed by atoms with Crippen molar-refractivity contribution < 1.29 is 35.6 Å². The minimum absolute atomic E-state index is 0.0203. The second-order valence-corrected chi connectivity index (χ2v) is 12.5. The minimum atomic E-state index is -4.47. The summed E-state index contributed by atoms with van der Waals surface area (Å²) >= 11 is 0. The standard InChI is InChI=1S/C31H30F3N5O5S/c1-45(42,43)38-24-4-2-3-20(16-24)27(9-10-28(35)40)37-30(41)39-13-11-25-22(18-39)15-21(29-36-12-14-44-29)17-26(25)19-5-7-23(8-6-19)31(32,33)34/h2-8,12,14-17,27,38H,9-11,13,18H2,1H3,(H2,35,40)(H,37,41)/t27-/m0/s1. The quantitative estimate of drug-likeness (QED) is 0.221. The Morgan fingerprint density at radius 3 is 2.49 bits per heavy atom. The molecule has 14 heteroatoms. The summed E-state index contributed by atoms with van der Waals surface area (Å²) in [5.74, 6) is -0.233. The Labute approximate surface area is 257 Å². The number of hydrogen-bond acceptors (Lipinski definition) is 6. The Hall–Kier alpha value is -4.85. The molecule has 236 valence electrons. The summed E-state index contributed by atoms with van der Waals surface area (Å²) < 4.78 is 71.1. The number of hydrogen-bond donors (Lipinski definition) is 3. The van der Waals surface area contributed by atoms with E-state index < -0.39 is 39.7 Å². The first-order valence-corrected chi connectivity index (χ1v) is 15.8. The van der Waals surface area contributed by atoms with Crippen molar-refractivity contribution in [3.63, 3.8) is 0 Å². The first-order chi connectivity index (χ1) is 21.3. The highest BCUT2D eigenvalue weighted by Gasteiger charge is 2.31. The van der Waals surface area contributed by atoms with E-state index in [1.807, 2.05) is 12.1 Å². The molecule has 0 spiro atoms. The molecule has 10 nitrogen and oxygen atoms in total. The van der Waals surface area contributed by atoms with Crippen molar-refractivity contribution in [3.8, 4) is 22.6 Å². The monoisotopic (exact) mass is 641 g/mol. The fourth-order valence-corrected chi connectivity index (χ4v) is 5.90. The molecule has 0 saturated heterocycles. The van der Waals surface area contributed by atoms with E-state index in [0.717, 1.165) is 29.5 Å². The molecule has 1 aliphatic heterocycles. The molecule has 5 rings (SSSR count). The van der Waals surface area contributed by atoms with E-state index in [1.165, 1.54) is 24.6 Å². The van der Waals surface area contributed by atoms with Gasteiger partial charge in [-0.2, -0.15) is 13.2 Å². The number of halogens is 3. The van der Waals surface area contributed by atoms with Gasteiger partial charge in [0.2, 0.25) is 21.8 Å². The van der Waals surface area contributed by atoms with Crippen LogP contribution in [-0.4, -0.2) is 43.0 Å². The molecule has 3 aromatic carbocycles. The van der Waals surface area contributed by atoms with Crippen LogP contribution in [0.1, 0.15) is 41.1 Å². The molecule has 1 aromatic heterocycles. The summed E-state index contributed by atoms with van der Waals surface area (Å²) in [6.07, 6.45) is 0.0412. The van der Waals surface area contributed by atoms with Crippen molar-refractivity contribution in [3.05, 3.63) is 95.4 Å². The first-order valence-electron chi connectivity index (χ1n) is 13.9. The lowest BCUT2D eigenvalue weighted by atomic mass is 9.88. The molecule has 1 aliphatic rings. The van der Waals surface area contributed by atoms with Crippen LogP contribution in [0, 0.1) is 0 Å². The van der Waals surface area contributed by atoms with Crippen LogP contribution in [0.4, 0.5) is 23.7 Å². The highest BCUT2D eigenvalue weighted by atomic mass is 32.2. The lowest BCUT2D eigenvalue weighted by molar-refractivity contribution is -0.137. The van der Waals surface area contributed by atoms with Gasteiger partial charge in [0.05, 0.1) is 24.1 Å². The summed E-state index contributed by atoms with van der Waals surface area (Å²) in [6, 6.07) is 14.0. The summed E-state index contributed by atoms with van der Waals surface area (Å²) in [6.45, 7) is 0.491. The Morgan fingerprint density at radius 2 is 1.84 bits per heavy atom. The number of nitrogens with one attached hydrogen (secondary N) is 2. The number of rotatable bonds is 9. The molecule has 2 heterocycles. The van der Waals surface area contributed by atoms with Gasteiger partial charge in [0.15, 0.2) is 0 Å². The summed E-state index contributed by atoms with van der Waals surface area (Å²) in [5, 5.41) is 2.95. The van der Waals surface area contributed by atoms with Crippen LogP contribution in [-0.2, 0) is 34.0 Å². The van der Waals surface area contributed by atoms with Gasteiger partial charge < -0.3 is 20.4 Å². The molecule has 3 amide bonds. The average molecular weight is 642 g/mol. The normalized spacial score (nSPS) is 14.0. The molecule has 0 fully saturated rings. The molecule has 4 N–H and O–H groups in total. The van der Waals surface area contributed by atoms with Crippen molar-refractivity contribution in [2.24, 2.45) is 5.73 Å². The number of aromatic nitrogens is 1. The Bertz CT molecular complexity index is 1810. The number of benzene rings is 3. The minimum Gasteiger partial charge on any atom is -0.445 e. The summed E-state index contributed by atoms with van der Waals surface area (Å²) in [5.41, 5.74) is 9.06. The zero-order valence-electron chi connectivity index (χ0n) is 24.1. The van der Waals surface area contributed by atoms with Gasteiger partial charge in [0.1, 0.15) is 6.26 Å². The fraction of sp³-hybridized carbons (Fsp3) is 0.258. The molecule has 0 saturated carbocycles.